The van der Waals surface area contributed by atoms with Crippen molar-refractivity contribution in [3.8, 4) is 0 Å². The fourth-order valence-electron chi connectivity index (χ4n) is 1.37. The Kier molecular flexibility index (Phi) is 1.55. The van der Waals surface area contributed by atoms with Crippen molar-refractivity contribution in [2.75, 3.05) is 0 Å². The van der Waals surface area contributed by atoms with Crippen LogP contribution in [-0.2, 0) is 17.0 Å². The third kappa shape index (κ3) is 2.40. The molecule has 1 aliphatic carbocycles. The van der Waals surface area contributed by atoms with Crippen molar-refractivity contribution in [3.63, 3.8) is 0 Å². The number of hydrogen-bond acceptors (Lipinski definition) is 0. The topological polar surface area (TPSA) is 0 Å². The molecule has 0 aromatic carbocycles. The average molecular weight is 319 g/mol. The monoisotopic (exact) mass is 320 g/mol. The Hall–Kier alpha value is 0.350. The van der Waals surface area contributed by atoms with E-state index in [0.717, 1.165) is 0 Å². The molecule has 0 radical (unpaired) electrons. The van der Waals surface area contributed by atoms with Crippen LogP contribution in [0.5, 0.6) is 0 Å². The number of rotatable bonds is 1. The van der Waals surface area contributed by atoms with Crippen LogP contribution in [0.25, 0.3) is 0 Å². The molecule has 0 unspecified atom stereocenters. The van der Waals surface area contributed by atoms with E-state index in [1.54, 1.807) is 3.33 Å². The van der Waals surface area contributed by atoms with E-state index in [2.05, 4.69) is 41.6 Å². The Morgan fingerprint density at radius 3 is 1.82 bits per heavy atom. The molecule has 1 heteroatoms. The molecule has 0 saturated carbocycles. The van der Waals surface area contributed by atoms with Crippen LogP contribution < -0.4 is 0 Å². The van der Waals surface area contributed by atoms with Gasteiger partial charge in [0.05, 0.1) is 0 Å². The Labute approximate surface area is 68.3 Å². The minimum absolute atomic E-state index is 1.21. The molecule has 1 rings (SSSR count). The molecule has 0 aromatic rings. The maximum absolute atomic E-state index is 2.87. The molecule has 0 fully saturated rings. The van der Waals surface area contributed by atoms with Crippen LogP contribution in [0, 0.1) is 0 Å². The molecular weight excluding hydrogens is 299 g/mol. The summed E-state index contributed by atoms with van der Waals surface area (Å²) in [6.45, 7) is 0. The first-order valence-corrected chi connectivity index (χ1v) is 24.2. The Morgan fingerprint density at radius 2 is 1.64 bits per heavy atom. The van der Waals surface area contributed by atoms with Gasteiger partial charge in [0.25, 0.3) is 0 Å². The number of allylic oxidation sites excluding steroid dienone is 4. The van der Waals surface area contributed by atoms with E-state index < -0.39 is 17.0 Å². The summed E-state index contributed by atoms with van der Waals surface area (Å²) in [6, 6.07) is 0. The van der Waals surface area contributed by atoms with Gasteiger partial charge in [-0.05, 0) is 0 Å². The summed E-state index contributed by atoms with van der Waals surface area (Å²) in [6.07, 6.45) is 8.01. The number of hydrogen-bond donors (Lipinski definition) is 0. The molecule has 0 heterocycles. The van der Waals surface area contributed by atoms with Gasteiger partial charge in [-0.3, -0.25) is 0 Å². The SMILES string of the molecule is [CH3][Hf]([CH3])([CH3])([CH3])([CH3])[C]1=CC=CC1. The third-order valence-electron chi connectivity index (χ3n) is 2.38. The summed E-state index contributed by atoms with van der Waals surface area (Å²) in [5, 5.41) is 0. The summed E-state index contributed by atoms with van der Waals surface area (Å²) < 4.78 is 14.3. The van der Waals surface area contributed by atoms with Crippen molar-refractivity contribution in [2.45, 2.75) is 29.8 Å². The van der Waals surface area contributed by atoms with E-state index in [1.165, 1.54) is 6.42 Å². The van der Waals surface area contributed by atoms with Crippen LogP contribution in [0.1, 0.15) is 6.42 Å². The first-order valence-electron chi connectivity index (χ1n) is 4.47. The Morgan fingerprint density at radius 1 is 1.09 bits per heavy atom. The van der Waals surface area contributed by atoms with E-state index >= 15 is 0 Å². The predicted octanol–water partition coefficient (Wildman–Crippen LogP) is 4.30. The van der Waals surface area contributed by atoms with Gasteiger partial charge in [0, 0.05) is 0 Å². The van der Waals surface area contributed by atoms with Crippen molar-refractivity contribution in [1.82, 2.24) is 0 Å². The van der Waals surface area contributed by atoms with Gasteiger partial charge in [-0.1, -0.05) is 0 Å². The third-order valence-corrected chi connectivity index (χ3v) is 15.2. The van der Waals surface area contributed by atoms with Gasteiger partial charge in [-0.2, -0.15) is 0 Å². The Balaban J connectivity index is 3.11. The van der Waals surface area contributed by atoms with E-state index in [4.69, 9.17) is 0 Å². The molecule has 0 spiro atoms. The molecular formula is C10H20Hf. The fraction of sp³-hybridized carbons (Fsp3) is 0.600. The molecule has 0 atom stereocenters. The first kappa shape index (κ1) is 9.44. The van der Waals surface area contributed by atoms with Crippen LogP contribution in [0.15, 0.2) is 21.6 Å². The fourth-order valence-corrected chi connectivity index (χ4v) is 8.80. The van der Waals surface area contributed by atoms with E-state index in [0.29, 0.717) is 0 Å². The molecule has 0 amide bonds. The summed E-state index contributed by atoms with van der Waals surface area (Å²) in [5.41, 5.74) is 0. The van der Waals surface area contributed by atoms with Gasteiger partial charge in [0.1, 0.15) is 0 Å². The molecule has 0 saturated heterocycles. The standard InChI is InChI=1S/C5H5.5CH3.Hf/c1-2-4-5-3-1;;;;;;/h1-3H,4H2;5*1H3;. The van der Waals surface area contributed by atoms with Gasteiger partial charge in [-0.25, -0.2) is 0 Å². The predicted molar refractivity (Wildman–Crippen MR) is 51.2 cm³/mol. The second-order valence-electron chi connectivity index (χ2n) is 7.57. The van der Waals surface area contributed by atoms with Crippen molar-refractivity contribution in [2.24, 2.45) is 0 Å². The molecule has 0 nitrogen and oxygen atoms in total. The molecule has 0 N–H and O–H groups in total. The van der Waals surface area contributed by atoms with Crippen molar-refractivity contribution in [3.05, 3.63) is 21.6 Å². The van der Waals surface area contributed by atoms with Gasteiger partial charge in [0.2, 0.25) is 0 Å². The van der Waals surface area contributed by atoms with E-state index in [9.17, 15) is 0 Å². The minimum atomic E-state index is -2.87. The summed E-state index contributed by atoms with van der Waals surface area (Å²) in [5.74, 6) is 0. The van der Waals surface area contributed by atoms with Crippen molar-refractivity contribution in [1.29, 1.82) is 0 Å². The van der Waals surface area contributed by atoms with Crippen LogP contribution >= 0.6 is 0 Å². The van der Waals surface area contributed by atoms with Crippen molar-refractivity contribution >= 4 is 0 Å². The maximum atomic E-state index is 2.51. The summed E-state index contributed by atoms with van der Waals surface area (Å²) in [4.78, 5) is 0. The molecule has 1 aliphatic rings. The molecule has 0 aliphatic heterocycles. The first-order chi connectivity index (χ1) is 4.59. The van der Waals surface area contributed by atoms with Crippen LogP contribution in [0.3, 0.4) is 0 Å². The van der Waals surface area contributed by atoms with Gasteiger partial charge >= 0.3 is 68.4 Å². The second kappa shape index (κ2) is 1.81. The van der Waals surface area contributed by atoms with Gasteiger partial charge in [0.15, 0.2) is 0 Å². The quantitative estimate of drug-likeness (QED) is 0.632. The summed E-state index contributed by atoms with van der Waals surface area (Å²) in [7, 11) is 0. The van der Waals surface area contributed by atoms with Crippen LogP contribution in [-0.4, -0.2) is 0 Å². The Bertz CT molecular complexity index is 232. The van der Waals surface area contributed by atoms with Crippen LogP contribution in [0.2, 0.25) is 23.4 Å². The molecule has 11 heavy (non-hydrogen) atoms. The second-order valence-corrected chi connectivity index (χ2v) is 54.8. The van der Waals surface area contributed by atoms with Gasteiger partial charge in [-0.15, -0.1) is 0 Å². The zero-order valence-corrected chi connectivity index (χ0v) is 12.0. The molecule has 0 bridgehead atoms. The van der Waals surface area contributed by atoms with E-state index in [1.807, 2.05) is 0 Å². The van der Waals surface area contributed by atoms with E-state index in [-0.39, 0.29) is 0 Å². The normalized spacial score (nSPS) is 24.3. The van der Waals surface area contributed by atoms with Crippen molar-refractivity contribution < 1.29 is 17.0 Å². The zero-order chi connectivity index (χ0) is 8.81. The molecule has 64 valence electrons. The van der Waals surface area contributed by atoms with Crippen LogP contribution in [0.4, 0.5) is 0 Å². The zero-order valence-electron chi connectivity index (χ0n) is 8.44. The molecule has 0 aromatic heterocycles. The summed E-state index contributed by atoms with van der Waals surface area (Å²) >= 11 is -2.87. The van der Waals surface area contributed by atoms with Gasteiger partial charge < -0.3 is 0 Å². The average Bonchev–Trinajstić information content (AvgIpc) is 2.01.